The fraction of sp³-hybridized carbons (Fsp3) is 1.00. The summed E-state index contributed by atoms with van der Waals surface area (Å²) in [5.74, 6) is 0. The quantitative estimate of drug-likeness (QED) is 0.414. The zero-order valence-electron chi connectivity index (χ0n) is 3.40. The summed E-state index contributed by atoms with van der Waals surface area (Å²) in [6, 6.07) is 0. The summed E-state index contributed by atoms with van der Waals surface area (Å²) in [6.07, 6.45) is 0. The lowest BCUT2D eigenvalue weighted by molar-refractivity contribution is 0.418. The summed E-state index contributed by atoms with van der Waals surface area (Å²) in [5, 5.41) is 0. The lowest BCUT2D eigenvalue weighted by Gasteiger charge is -1.85. The summed E-state index contributed by atoms with van der Waals surface area (Å²) in [7, 11) is -0.474. The van der Waals surface area contributed by atoms with E-state index in [1.165, 1.54) is 7.11 Å². The van der Waals surface area contributed by atoms with Crippen LogP contribution in [0.15, 0.2) is 0 Å². The maximum Gasteiger partial charge on any atom is 0.205 e. The number of hydrogen-bond acceptors (Lipinski definition) is 2. The molecular formula is C2H6ClO2P. The van der Waals surface area contributed by atoms with Gasteiger partial charge in [0.25, 0.3) is 0 Å². The first-order valence-electron chi connectivity index (χ1n) is 1.44. The van der Waals surface area contributed by atoms with E-state index in [-0.39, 0.29) is 5.62 Å². The lowest BCUT2D eigenvalue weighted by atomic mass is 11.8. The fourth-order valence-corrected chi connectivity index (χ4v) is 0.491. The second kappa shape index (κ2) is 3.66. The first-order valence-corrected chi connectivity index (χ1v) is 3.50. The lowest BCUT2D eigenvalue weighted by Crippen LogP contribution is -1.63. The Hall–Kier alpha value is 0.480. The Kier molecular flexibility index (Phi) is 3.96. The summed E-state index contributed by atoms with van der Waals surface area (Å²) < 4.78 is 14.3. The molecule has 1 unspecified atom stereocenters. The number of alkyl halides is 1. The van der Waals surface area contributed by atoms with E-state index in [0.717, 1.165) is 0 Å². The SMILES string of the molecule is CO[PH](=O)CCl. The minimum absolute atomic E-state index is 0.126. The van der Waals surface area contributed by atoms with Crippen LogP contribution in [0.3, 0.4) is 0 Å². The molecule has 0 fully saturated rings. The van der Waals surface area contributed by atoms with E-state index in [1.54, 1.807) is 0 Å². The summed E-state index contributed by atoms with van der Waals surface area (Å²) in [5.41, 5.74) is 0.126. The van der Waals surface area contributed by atoms with Gasteiger partial charge in [-0.25, -0.2) is 0 Å². The van der Waals surface area contributed by atoms with Crippen molar-refractivity contribution in [1.29, 1.82) is 0 Å². The molecule has 0 aliphatic rings. The molecule has 0 aromatic heterocycles. The van der Waals surface area contributed by atoms with Crippen molar-refractivity contribution in [3.63, 3.8) is 0 Å². The van der Waals surface area contributed by atoms with Crippen LogP contribution in [0.4, 0.5) is 0 Å². The van der Waals surface area contributed by atoms with Crippen LogP contribution in [0, 0.1) is 0 Å². The summed E-state index contributed by atoms with van der Waals surface area (Å²) in [6.45, 7) is 0. The van der Waals surface area contributed by atoms with E-state index in [2.05, 4.69) is 4.52 Å². The molecule has 0 aromatic carbocycles. The van der Waals surface area contributed by atoms with E-state index in [0.29, 0.717) is 0 Å². The van der Waals surface area contributed by atoms with Crippen molar-refractivity contribution in [2.24, 2.45) is 0 Å². The number of hydrogen-bond donors (Lipinski definition) is 0. The molecule has 0 saturated heterocycles. The topological polar surface area (TPSA) is 26.3 Å². The van der Waals surface area contributed by atoms with Crippen LogP contribution in [-0.2, 0) is 9.09 Å². The molecule has 0 rings (SSSR count). The van der Waals surface area contributed by atoms with Crippen molar-refractivity contribution in [3.8, 4) is 0 Å². The normalized spacial score (nSPS) is 14.3. The van der Waals surface area contributed by atoms with Gasteiger partial charge in [-0.1, -0.05) is 0 Å². The number of halogens is 1. The average Bonchev–Trinajstić information content (AvgIpc) is 1.65. The van der Waals surface area contributed by atoms with Crippen molar-refractivity contribution >= 4 is 19.6 Å². The van der Waals surface area contributed by atoms with E-state index >= 15 is 0 Å². The van der Waals surface area contributed by atoms with Crippen molar-refractivity contribution in [2.75, 3.05) is 12.7 Å². The predicted octanol–water partition coefficient (Wildman–Crippen LogP) is 1.30. The van der Waals surface area contributed by atoms with Crippen molar-refractivity contribution in [1.82, 2.24) is 0 Å². The fourth-order valence-electron chi connectivity index (χ4n) is 0.0546. The maximum atomic E-state index is 10.0. The molecule has 1 atom stereocenters. The third kappa shape index (κ3) is 2.70. The van der Waals surface area contributed by atoms with Crippen LogP contribution in [0.5, 0.6) is 0 Å². The van der Waals surface area contributed by atoms with Gasteiger partial charge in [-0.15, -0.1) is 11.6 Å². The molecule has 0 N–H and O–H groups in total. The second-order valence-electron chi connectivity index (χ2n) is 0.710. The van der Waals surface area contributed by atoms with Gasteiger partial charge in [-0.3, -0.25) is 4.57 Å². The molecule has 0 bridgehead atoms. The van der Waals surface area contributed by atoms with Crippen LogP contribution in [-0.4, -0.2) is 12.7 Å². The molecule has 0 heterocycles. The van der Waals surface area contributed by atoms with Crippen LogP contribution < -0.4 is 0 Å². The molecule has 0 aliphatic heterocycles. The molecule has 0 spiro atoms. The maximum absolute atomic E-state index is 10.0. The van der Waals surface area contributed by atoms with Gasteiger partial charge in [-0.05, 0) is 0 Å². The third-order valence-electron chi connectivity index (χ3n) is 0.337. The highest BCUT2D eigenvalue weighted by Gasteiger charge is 1.85. The third-order valence-corrected chi connectivity index (χ3v) is 1.66. The predicted molar refractivity (Wildman–Crippen MR) is 26.7 cm³/mol. The van der Waals surface area contributed by atoms with E-state index in [9.17, 15) is 4.57 Å². The minimum Gasteiger partial charge on any atom is -0.333 e. The highest BCUT2D eigenvalue weighted by atomic mass is 35.5. The van der Waals surface area contributed by atoms with Crippen LogP contribution >= 0.6 is 19.6 Å². The molecule has 6 heavy (non-hydrogen) atoms. The van der Waals surface area contributed by atoms with Gasteiger partial charge >= 0.3 is 0 Å². The molecule has 0 radical (unpaired) electrons. The van der Waals surface area contributed by atoms with Gasteiger partial charge in [0, 0.05) is 7.11 Å². The molecule has 38 valence electrons. The zero-order chi connectivity index (χ0) is 4.99. The monoisotopic (exact) mass is 128 g/mol. The molecule has 0 amide bonds. The zero-order valence-corrected chi connectivity index (χ0v) is 5.16. The standard InChI is InChI=1S/C2H6ClO2P/c1-5-6(4)2-3/h6H,2H2,1H3. The van der Waals surface area contributed by atoms with Gasteiger partial charge in [0.15, 0.2) is 0 Å². The molecule has 4 heteroatoms. The van der Waals surface area contributed by atoms with Crippen molar-refractivity contribution in [2.45, 2.75) is 0 Å². The van der Waals surface area contributed by atoms with E-state index < -0.39 is 8.03 Å². The minimum atomic E-state index is -1.85. The van der Waals surface area contributed by atoms with Crippen molar-refractivity contribution < 1.29 is 9.09 Å². The van der Waals surface area contributed by atoms with E-state index in [1.807, 2.05) is 0 Å². The smallest absolute Gasteiger partial charge is 0.205 e. The first-order chi connectivity index (χ1) is 2.81. The van der Waals surface area contributed by atoms with Gasteiger partial charge < -0.3 is 4.52 Å². The van der Waals surface area contributed by atoms with Gasteiger partial charge in [0.05, 0.1) is 5.62 Å². The summed E-state index contributed by atoms with van der Waals surface area (Å²) >= 11 is 5.06. The van der Waals surface area contributed by atoms with Gasteiger partial charge in [0.1, 0.15) is 0 Å². The van der Waals surface area contributed by atoms with Crippen LogP contribution in [0.25, 0.3) is 0 Å². The first kappa shape index (κ1) is 6.48. The second-order valence-corrected chi connectivity index (χ2v) is 2.93. The Morgan fingerprint density at radius 3 is 2.50 bits per heavy atom. The molecular weight excluding hydrogens is 122 g/mol. The van der Waals surface area contributed by atoms with Gasteiger partial charge in [-0.2, -0.15) is 0 Å². The Bertz CT molecular complexity index is 49.5. The Labute approximate surface area is 42.3 Å². The highest BCUT2D eigenvalue weighted by molar-refractivity contribution is 7.41. The van der Waals surface area contributed by atoms with E-state index in [4.69, 9.17) is 11.6 Å². The van der Waals surface area contributed by atoms with Crippen LogP contribution in [0.1, 0.15) is 0 Å². The average molecular weight is 128 g/mol. The molecule has 2 nitrogen and oxygen atoms in total. The Morgan fingerprint density at radius 1 is 2.00 bits per heavy atom. The Balaban J connectivity index is 2.99. The largest absolute Gasteiger partial charge is 0.333 e. The molecule has 0 aliphatic carbocycles. The van der Waals surface area contributed by atoms with Crippen molar-refractivity contribution in [3.05, 3.63) is 0 Å². The highest BCUT2D eigenvalue weighted by Crippen LogP contribution is 2.20. The Morgan fingerprint density at radius 2 is 2.50 bits per heavy atom. The van der Waals surface area contributed by atoms with Gasteiger partial charge in [0.2, 0.25) is 8.03 Å². The molecule has 0 aromatic rings. The van der Waals surface area contributed by atoms with Crippen LogP contribution in [0.2, 0.25) is 0 Å². The summed E-state index contributed by atoms with van der Waals surface area (Å²) in [4.78, 5) is 0. The molecule has 0 saturated carbocycles. The number of rotatable bonds is 2.